The summed E-state index contributed by atoms with van der Waals surface area (Å²) >= 11 is 0. The highest BCUT2D eigenvalue weighted by Crippen LogP contribution is 2.29. The normalized spacial score (nSPS) is 13.5. The summed E-state index contributed by atoms with van der Waals surface area (Å²) in [6, 6.07) is 3.13. The van der Waals surface area contributed by atoms with Crippen molar-refractivity contribution in [3.8, 4) is 0 Å². The molecule has 0 spiro atoms. The van der Waals surface area contributed by atoms with Crippen molar-refractivity contribution in [2.24, 2.45) is 0 Å². The number of hydrogen-bond donors (Lipinski definition) is 3. The molecule has 0 radical (unpaired) electrons. The van der Waals surface area contributed by atoms with E-state index in [-0.39, 0.29) is 5.56 Å². The molecular formula is C9H10N2O2. The maximum Gasteiger partial charge on any atom is 0.335 e. The first-order valence-corrected chi connectivity index (χ1v) is 4.08. The minimum absolute atomic E-state index is 0.241. The van der Waals surface area contributed by atoms with Crippen molar-refractivity contribution >= 4 is 17.3 Å². The molecule has 0 amide bonds. The first-order valence-electron chi connectivity index (χ1n) is 4.08. The highest BCUT2D eigenvalue weighted by molar-refractivity contribution is 5.91. The van der Waals surface area contributed by atoms with Gasteiger partial charge in [-0.3, -0.25) is 0 Å². The van der Waals surface area contributed by atoms with Gasteiger partial charge in [0.25, 0.3) is 0 Å². The Hall–Kier alpha value is -1.71. The summed E-state index contributed by atoms with van der Waals surface area (Å²) in [5.74, 6) is -0.941. The maximum absolute atomic E-state index is 10.7. The van der Waals surface area contributed by atoms with Gasteiger partial charge < -0.3 is 16.2 Å². The van der Waals surface area contributed by atoms with Gasteiger partial charge in [0.05, 0.1) is 5.56 Å². The molecule has 0 bridgehead atoms. The first kappa shape index (κ1) is 7.91. The molecule has 1 aliphatic heterocycles. The van der Waals surface area contributed by atoms with Crippen LogP contribution in [0.1, 0.15) is 15.9 Å². The minimum atomic E-state index is -0.941. The molecule has 1 aromatic carbocycles. The van der Waals surface area contributed by atoms with Gasteiger partial charge >= 0.3 is 5.97 Å². The van der Waals surface area contributed by atoms with Crippen LogP contribution in [0.15, 0.2) is 12.1 Å². The van der Waals surface area contributed by atoms with Gasteiger partial charge in [0.15, 0.2) is 0 Å². The van der Waals surface area contributed by atoms with Crippen LogP contribution in [0.5, 0.6) is 0 Å². The number of benzene rings is 1. The second-order valence-corrected chi connectivity index (χ2v) is 3.07. The first-order chi connectivity index (χ1) is 6.18. The van der Waals surface area contributed by atoms with E-state index in [1.807, 2.05) is 0 Å². The number of rotatable bonds is 1. The van der Waals surface area contributed by atoms with Crippen LogP contribution in [-0.2, 0) is 6.42 Å². The van der Waals surface area contributed by atoms with Crippen molar-refractivity contribution in [2.45, 2.75) is 6.42 Å². The number of carbonyl (C=O) groups is 1. The van der Waals surface area contributed by atoms with Crippen LogP contribution >= 0.6 is 0 Å². The average molecular weight is 178 g/mol. The van der Waals surface area contributed by atoms with E-state index in [0.717, 1.165) is 24.2 Å². The molecule has 2 rings (SSSR count). The molecule has 13 heavy (non-hydrogen) atoms. The SMILES string of the molecule is Nc1cc(C(=O)O)cc2c1CCN2. The van der Waals surface area contributed by atoms with Crippen LogP contribution in [0.3, 0.4) is 0 Å². The van der Waals surface area contributed by atoms with Gasteiger partial charge in [0.2, 0.25) is 0 Å². The summed E-state index contributed by atoms with van der Waals surface area (Å²) in [7, 11) is 0. The van der Waals surface area contributed by atoms with E-state index in [0.29, 0.717) is 5.69 Å². The van der Waals surface area contributed by atoms with Gasteiger partial charge in [-0.2, -0.15) is 0 Å². The lowest BCUT2D eigenvalue weighted by Crippen LogP contribution is -2.00. The summed E-state index contributed by atoms with van der Waals surface area (Å²) < 4.78 is 0. The lowest BCUT2D eigenvalue weighted by molar-refractivity contribution is 0.0697. The Morgan fingerprint density at radius 2 is 2.31 bits per heavy atom. The van der Waals surface area contributed by atoms with Crippen molar-refractivity contribution in [2.75, 3.05) is 17.6 Å². The van der Waals surface area contributed by atoms with Gasteiger partial charge in [-0.25, -0.2) is 4.79 Å². The number of anilines is 2. The fraction of sp³-hybridized carbons (Fsp3) is 0.222. The molecule has 4 heteroatoms. The van der Waals surface area contributed by atoms with Crippen molar-refractivity contribution in [3.63, 3.8) is 0 Å². The molecule has 1 aromatic rings. The molecule has 0 unspecified atom stereocenters. The van der Waals surface area contributed by atoms with Crippen LogP contribution in [0, 0.1) is 0 Å². The number of nitrogens with two attached hydrogens (primary N) is 1. The molecular weight excluding hydrogens is 168 g/mol. The number of nitrogen functional groups attached to an aromatic ring is 1. The van der Waals surface area contributed by atoms with Crippen LogP contribution in [0.25, 0.3) is 0 Å². The summed E-state index contributed by atoms with van der Waals surface area (Å²) in [4.78, 5) is 10.7. The minimum Gasteiger partial charge on any atom is -0.478 e. The van der Waals surface area contributed by atoms with Crippen LogP contribution in [0.4, 0.5) is 11.4 Å². The highest BCUT2D eigenvalue weighted by atomic mass is 16.4. The number of aromatic carboxylic acids is 1. The number of nitrogens with one attached hydrogen (secondary N) is 1. The summed E-state index contributed by atoms with van der Waals surface area (Å²) in [6.07, 6.45) is 0.876. The molecule has 68 valence electrons. The van der Waals surface area contributed by atoms with E-state index in [2.05, 4.69) is 5.32 Å². The predicted octanol–water partition coefficient (Wildman–Crippen LogP) is 0.935. The zero-order valence-corrected chi connectivity index (χ0v) is 7.00. The second kappa shape index (κ2) is 2.65. The van der Waals surface area contributed by atoms with E-state index in [4.69, 9.17) is 10.8 Å². The van der Waals surface area contributed by atoms with Crippen LogP contribution < -0.4 is 11.1 Å². The highest BCUT2D eigenvalue weighted by Gasteiger charge is 2.16. The summed E-state index contributed by atoms with van der Waals surface area (Å²) in [5.41, 5.74) is 8.41. The molecule has 0 fully saturated rings. The largest absolute Gasteiger partial charge is 0.478 e. The maximum atomic E-state index is 10.7. The van der Waals surface area contributed by atoms with E-state index in [9.17, 15) is 4.79 Å². The number of carboxylic acids is 1. The van der Waals surface area contributed by atoms with Gasteiger partial charge in [-0.05, 0) is 24.1 Å². The molecule has 4 N–H and O–H groups in total. The summed E-state index contributed by atoms with van der Waals surface area (Å²) in [5, 5.41) is 11.9. The Labute approximate surface area is 75.4 Å². The number of hydrogen-bond acceptors (Lipinski definition) is 3. The van der Waals surface area contributed by atoms with Crippen molar-refractivity contribution in [1.29, 1.82) is 0 Å². The zero-order valence-electron chi connectivity index (χ0n) is 7.00. The monoisotopic (exact) mass is 178 g/mol. The quantitative estimate of drug-likeness (QED) is 0.559. The molecule has 0 aromatic heterocycles. The topological polar surface area (TPSA) is 75.4 Å². The lowest BCUT2D eigenvalue weighted by atomic mass is 10.1. The van der Waals surface area contributed by atoms with E-state index in [1.165, 1.54) is 6.07 Å². The zero-order chi connectivity index (χ0) is 9.42. The van der Waals surface area contributed by atoms with Gasteiger partial charge in [-0.1, -0.05) is 0 Å². The van der Waals surface area contributed by atoms with Crippen molar-refractivity contribution < 1.29 is 9.90 Å². The second-order valence-electron chi connectivity index (χ2n) is 3.07. The van der Waals surface area contributed by atoms with Crippen LogP contribution in [-0.4, -0.2) is 17.6 Å². The van der Waals surface area contributed by atoms with Gasteiger partial charge in [0, 0.05) is 17.9 Å². The van der Waals surface area contributed by atoms with Gasteiger partial charge in [0.1, 0.15) is 0 Å². The standard InChI is InChI=1S/C9H10N2O2/c10-7-3-5(9(12)13)4-8-6(7)1-2-11-8/h3-4,11H,1-2,10H2,(H,12,13). The molecule has 0 atom stereocenters. The fourth-order valence-corrected chi connectivity index (χ4v) is 1.58. The molecule has 1 heterocycles. The lowest BCUT2D eigenvalue weighted by Gasteiger charge is -2.04. The van der Waals surface area contributed by atoms with Crippen molar-refractivity contribution in [1.82, 2.24) is 0 Å². The smallest absolute Gasteiger partial charge is 0.335 e. The van der Waals surface area contributed by atoms with Gasteiger partial charge in [-0.15, -0.1) is 0 Å². The summed E-state index contributed by atoms with van der Waals surface area (Å²) in [6.45, 7) is 0.836. The van der Waals surface area contributed by atoms with Crippen LogP contribution in [0.2, 0.25) is 0 Å². The Balaban J connectivity index is 2.55. The Morgan fingerprint density at radius 1 is 1.54 bits per heavy atom. The third kappa shape index (κ3) is 1.20. The third-order valence-corrected chi connectivity index (χ3v) is 2.22. The number of fused-ring (bicyclic) bond motifs is 1. The molecule has 0 saturated carbocycles. The van der Waals surface area contributed by atoms with E-state index >= 15 is 0 Å². The van der Waals surface area contributed by atoms with Crippen molar-refractivity contribution in [3.05, 3.63) is 23.3 Å². The Kier molecular flexibility index (Phi) is 1.62. The number of carboxylic acid groups (broad SMARTS) is 1. The molecule has 4 nitrogen and oxygen atoms in total. The average Bonchev–Trinajstić information content (AvgIpc) is 2.51. The Morgan fingerprint density at radius 3 is 3.00 bits per heavy atom. The van der Waals surface area contributed by atoms with E-state index < -0.39 is 5.97 Å². The Bertz CT molecular complexity index is 374. The predicted molar refractivity (Wildman–Crippen MR) is 50.0 cm³/mol. The third-order valence-electron chi connectivity index (χ3n) is 2.22. The molecule has 1 aliphatic rings. The fourth-order valence-electron chi connectivity index (χ4n) is 1.58. The molecule has 0 aliphatic carbocycles. The molecule has 0 saturated heterocycles. The van der Waals surface area contributed by atoms with E-state index in [1.54, 1.807) is 6.07 Å².